The summed E-state index contributed by atoms with van der Waals surface area (Å²) in [5, 5.41) is 1.44. The minimum absolute atomic E-state index is 0.347. The number of hydrogen-bond donors (Lipinski definition) is 1. The van der Waals surface area contributed by atoms with Gasteiger partial charge in [-0.2, -0.15) is 0 Å². The number of aromatic nitrogens is 1. The fraction of sp³-hybridized carbons (Fsp3) is 0. The lowest BCUT2D eigenvalue weighted by atomic mass is 10.2. The van der Waals surface area contributed by atoms with E-state index in [-0.39, 0.29) is 5.82 Å². The molecule has 2 N–H and O–H groups in total. The van der Waals surface area contributed by atoms with Crippen LogP contribution in [0.25, 0.3) is 20.8 Å². The molecule has 0 unspecified atom stereocenters. The summed E-state index contributed by atoms with van der Waals surface area (Å²) in [7, 11) is 0. The number of thiazole rings is 1. The Morgan fingerprint density at radius 3 is 2.78 bits per heavy atom. The molecule has 0 saturated heterocycles. The molecule has 1 heterocycles. The maximum atomic E-state index is 13.0. The minimum Gasteiger partial charge on any atom is -0.398 e. The number of nitrogens with two attached hydrogens (primary N) is 1. The summed E-state index contributed by atoms with van der Waals surface area (Å²) in [6.07, 6.45) is 0. The first kappa shape index (κ1) is 11.4. The highest BCUT2D eigenvalue weighted by Crippen LogP contribution is 2.34. The van der Waals surface area contributed by atoms with Crippen molar-refractivity contribution in [3.63, 3.8) is 0 Å². The van der Waals surface area contributed by atoms with Gasteiger partial charge in [0.25, 0.3) is 0 Å². The lowest BCUT2D eigenvalue weighted by Gasteiger charge is -2.00. The SMILES string of the molecule is Nc1cc(F)ccc1-c1nc2ccc(Cl)cc2s1. The van der Waals surface area contributed by atoms with E-state index < -0.39 is 0 Å². The summed E-state index contributed by atoms with van der Waals surface area (Å²) in [5.74, 6) is -0.347. The molecule has 1 aromatic heterocycles. The lowest BCUT2D eigenvalue weighted by molar-refractivity contribution is 0.628. The van der Waals surface area contributed by atoms with E-state index in [0.717, 1.165) is 20.8 Å². The van der Waals surface area contributed by atoms with Gasteiger partial charge in [0.2, 0.25) is 0 Å². The van der Waals surface area contributed by atoms with Crippen molar-refractivity contribution in [2.24, 2.45) is 0 Å². The van der Waals surface area contributed by atoms with Crippen molar-refractivity contribution < 1.29 is 4.39 Å². The largest absolute Gasteiger partial charge is 0.398 e. The smallest absolute Gasteiger partial charge is 0.126 e. The van der Waals surface area contributed by atoms with E-state index in [2.05, 4.69) is 4.98 Å². The van der Waals surface area contributed by atoms with E-state index in [1.165, 1.54) is 23.5 Å². The van der Waals surface area contributed by atoms with Gasteiger partial charge in [-0.3, -0.25) is 0 Å². The molecular formula is C13H8ClFN2S. The van der Waals surface area contributed by atoms with Gasteiger partial charge in [-0.05, 0) is 36.4 Å². The summed E-state index contributed by atoms with van der Waals surface area (Å²) in [5.41, 5.74) is 7.80. The second kappa shape index (κ2) is 4.23. The van der Waals surface area contributed by atoms with Crippen LogP contribution in [0.5, 0.6) is 0 Å². The van der Waals surface area contributed by atoms with Gasteiger partial charge in [-0.25, -0.2) is 9.37 Å². The highest BCUT2D eigenvalue weighted by Gasteiger charge is 2.10. The molecule has 18 heavy (non-hydrogen) atoms. The zero-order chi connectivity index (χ0) is 12.7. The molecule has 0 bridgehead atoms. The third-order valence-electron chi connectivity index (χ3n) is 2.59. The van der Waals surface area contributed by atoms with Gasteiger partial charge in [0.1, 0.15) is 10.8 Å². The molecule has 3 rings (SSSR count). The van der Waals surface area contributed by atoms with Crippen molar-refractivity contribution in [1.82, 2.24) is 4.98 Å². The van der Waals surface area contributed by atoms with Gasteiger partial charge in [0.15, 0.2) is 0 Å². The molecule has 0 aliphatic rings. The number of rotatable bonds is 1. The van der Waals surface area contributed by atoms with E-state index in [9.17, 15) is 4.39 Å². The second-order valence-electron chi connectivity index (χ2n) is 3.86. The zero-order valence-corrected chi connectivity index (χ0v) is 10.7. The maximum absolute atomic E-state index is 13.0. The van der Waals surface area contributed by atoms with Gasteiger partial charge >= 0.3 is 0 Å². The van der Waals surface area contributed by atoms with Crippen molar-refractivity contribution in [3.05, 3.63) is 47.2 Å². The van der Waals surface area contributed by atoms with Crippen LogP contribution in [0.3, 0.4) is 0 Å². The van der Waals surface area contributed by atoms with Crippen molar-refractivity contribution >= 4 is 38.8 Å². The maximum Gasteiger partial charge on any atom is 0.126 e. The number of anilines is 1. The Labute approximate surface area is 112 Å². The standard InChI is InChI=1S/C13H8ClFN2S/c14-7-1-4-11-12(5-7)18-13(17-11)9-3-2-8(15)6-10(9)16/h1-6H,16H2. The van der Waals surface area contributed by atoms with Crippen molar-refractivity contribution in [1.29, 1.82) is 0 Å². The number of fused-ring (bicyclic) bond motifs is 1. The minimum atomic E-state index is -0.347. The van der Waals surface area contributed by atoms with Crippen LogP contribution in [0.15, 0.2) is 36.4 Å². The molecule has 5 heteroatoms. The lowest BCUT2D eigenvalue weighted by Crippen LogP contribution is -1.90. The van der Waals surface area contributed by atoms with Crippen LogP contribution in [0.4, 0.5) is 10.1 Å². The van der Waals surface area contributed by atoms with E-state index >= 15 is 0 Å². The Balaban J connectivity index is 2.19. The predicted molar refractivity (Wildman–Crippen MR) is 74.4 cm³/mol. The quantitative estimate of drug-likeness (QED) is 0.673. The number of nitrogens with zero attached hydrogens (tertiary/aromatic N) is 1. The Morgan fingerprint density at radius 1 is 1.17 bits per heavy atom. The molecule has 0 radical (unpaired) electrons. The summed E-state index contributed by atoms with van der Waals surface area (Å²) < 4.78 is 14.0. The first-order valence-electron chi connectivity index (χ1n) is 5.25. The number of benzene rings is 2. The molecule has 3 aromatic rings. The molecule has 0 amide bonds. The normalized spacial score (nSPS) is 11.0. The molecule has 2 aromatic carbocycles. The van der Waals surface area contributed by atoms with Crippen LogP contribution >= 0.6 is 22.9 Å². The van der Waals surface area contributed by atoms with E-state index in [1.807, 2.05) is 12.1 Å². The fourth-order valence-electron chi connectivity index (χ4n) is 1.74. The topological polar surface area (TPSA) is 38.9 Å². The van der Waals surface area contributed by atoms with Crippen molar-refractivity contribution in [2.45, 2.75) is 0 Å². The predicted octanol–water partition coefficient (Wildman–Crippen LogP) is 4.34. The third-order valence-corrected chi connectivity index (χ3v) is 3.88. The summed E-state index contributed by atoms with van der Waals surface area (Å²) in [4.78, 5) is 4.47. The van der Waals surface area contributed by atoms with Crippen LogP contribution in [0, 0.1) is 5.82 Å². The highest BCUT2D eigenvalue weighted by molar-refractivity contribution is 7.21. The highest BCUT2D eigenvalue weighted by atomic mass is 35.5. The zero-order valence-electron chi connectivity index (χ0n) is 9.15. The van der Waals surface area contributed by atoms with Crippen molar-refractivity contribution in [3.8, 4) is 10.6 Å². The van der Waals surface area contributed by atoms with Crippen LogP contribution in [0.2, 0.25) is 5.02 Å². The molecule has 0 atom stereocenters. The van der Waals surface area contributed by atoms with Crippen LogP contribution in [-0.2, 0) is 0 Å². The van der Waals surface area contributed by atoms with E-state index in [0.29, 0.717) is 10.7 Å². The molecule has 0 aliphatic carbocycles. The van der Waals surface area contributed by atoms with Crippen molar-refractivity contribution in [2.75, 3.05) is 5.73 Å². The molecule has 0 fully saturated rings. The van der Waals surface area contributed by atoms with Gasteiger partial charge in [-0.15, -0.1) is 11.3 Å². The van der Waals surface area contributed by atoms with Gasteiger partial charge in [0.05, 0.1) is 10.2 Å². The van der Waals surface area contributed by atoms with Gasteiger partial charge < -0.3 is 5.73 Å². The Hall–Kier alpha value is -1.65. The van der Waals surface area contributed by atoms with Gasteiger partial charge in [-0.1, -0.05) is 11.6 Å². The van der Waals surface area contributed by atoms with Crippen LogP contribution < -0.4 is 5.73 Å². The van der Waals surface area contributed by atoms with Crippen LogP contribution in [-0.4, -0.2) is 4.98 Å². The van der Waals surface area contributed by atoms with E-state index in [1.54, 1.807) is 12.1 Å². The molecule has 2 nitrogen and oxygen atoms in total. The molecular weight excluding hydrogens is 271 g/mol. The fourth-order valence-corrected chi connectivity index (χ4v) is 3.03. The average molecular weight is 279 g/mol. The third kappa shape index (κ3) is 1.94. The summed E-state index contributed by atoms with van der Waals surface area (Å²) in [6.45, 7) is 0. The average Bonchev–Trinajstić information content (AvgIpc) is 2.71. The first-order chi connectivity index (χ1) is 8.63. The number of halogens is 2. The molecule has 0 spiro atoms. The monoisotopic (exact) mass is 278 g/mol. The Morgan fingerprint density at radius 2 is 2.00 bits per heavy atom. The number of nitrogen functional groups attached to an aromatic ring is 1. The Bertz CT molecular complexity index is 739. The van der Waals surface area contributed by atoms with Crippen LogP contribution in [0.1, 0.15) is 0 Å². The molecule has 90 valence electrons. The molecule has 0 aliphatic heterocycles. The van der Waals surface area contributed by atoms with Gasteiger partial charge in [0, 0.05) is 16.3 Å². The summed E-state index contributed by atoms with van der Waals surface area (Å²) in [6, 6.07) is 9.83. The second-order valence-corrected chi connectivity index (χ2v) is 5.33. The number of hydrogen-bond acceptors (Lipinski definition) is 3. The summed E-state index contributed by atoms with van der Waals surface area (Å²) >= 11 is 7.42. The molecule has 0 saturated carbocycles. The first-order valence-corrected chi connectivity index (χ1v) is 6.44. The van der Waals surface area contributed by atoms with E-state index in [4.69, 9.17) is 17.3 Å². The Kier molecular flexibility index (Phi) is 2.69.